The molecule has 2 aliphatic carbocycles. The molecule has 35 heavy (non-hydrogen) atoms. The van der Waals surface area contributed by atoms with Crippen LogP contribution in [0.2, 0.25) is 0 Å². The molecule has 1 aromatic rings. The zero-order chi connectivity index (χ0) is 25.1. The Morgan fingerprint density at radius 2 is 1.91 bits per heavy atom. The van der Waals surface area contributed by atoms with Gasteiger partial charge >= 0.3 is 12.1 Å². The van der Waals surface area contributed by atoms with Crippen molar-refractivity contribution in [2.75, 3.05) is 13.7 Å². The third-order valence-corrected chi connectivity index (χ3v) is 8.46. The van der Waals surface area contributed by atoms with E-state index in [4.69, 9.17) is 14.2 Å². The number of methoxy groups -OCH3 is 1. The van der Waals surface area contributed by atoms with E-state index >= 15 is 0 Å². The number of esters is 1. The number of fused-ring (bicyclic) bond motifs is 3. The molecule has 2 aliphatic heterocycles. The topological polar surface area (TPSA) is 85.3 Å². The second kappa shape index (κ2) is 8.99. The second-order valence-corrected chi connectivity index (χ2v) is 12.1. The number of aliphatic hydroxyl groups excluding tert-OH is 1. The fourth-order valence-corrected chi connectivity index (χ4v) is 6.71. The monoisotopic (exact) mass is 485 g/mol. The average molecular weight is 486 g/mol. The summed E-state index contributed by atoms with van der Waals surface area (Å²) >= 11 is 0. The Labute approximate surface area is 208 Å². The quantitative estimate of drug-likeness (QED) is 0.602. The first kappa shape index (κ1) is 24.4. The van der Waals surface area contributed by atoms with Crippen LogP contribution in [0.15, 0.2) is 18.2 Å². The molecule has 1 saturated heterocycles. The number of piperidine rings is 1. The number of amides is 1. The van der Waals surface area contributed by atoms with E-state index in [1.54, 1.807) is 0 Å². The van der Waals surface area contributed by atoms with Gasteiger partial charge in [0, 0.05) is 30.5 Å². The summed E-state index contributed by atoms with van der Waals surface area (Å²) in [7, 11) is 1.44. The Morgan fingerprint density at radius 3 is 2.51 bits per heavy atom. The van der Waals surface area contributed by atoms with Crippen LogP contribution in [0.4, 0.5) is 4.79 Å². The standard InChI is InChI=1S/C28H39NO6/c1-15(26(31)33-5)25(16-6-7-16)17-8-9-20-22(30)13-24(34-23(20)11-17)21-12-19-10-18(21)14-29(19)27(32)35-28(2,3)4/h8-9,11,15-16,18-19,21-22,24-25,30H,6-7,10,12-14H2,1-5H3/t15?,18-,19?,21?,22?,24?,25?/m1/s1. The van der Waals surface area contributed by atoms with Gasteiger partial charge in [0.15, 0.2) is 0 Å². The molecule has 3 fully saturated rings. The van der Waals surface area contributed by atoms with Gasteiger partial charge in [-0.3, -0.25) is 4.79 Å². The van der Waals surface area contributed by atoms with E-state index in [9.17, 15) is 14.7 Å². The molecule has 7 heteroatoms. The molecule has 7 atom stereocenters. The Balaban J connectivity index is 1.31. The fraction of sp³-hybridized carbons (Fsp3) is 0.714. The predicted octanol–water partition coefficient (Wildman–Crippen LogP) is 4.82. The number of likely N-dealkylation sites (tertiary alicyclic amines) is 1. The number of aliphatic hydroxyl groups is 1. The van der Waals surface area contributed by atoms with Gasteiger partial charge in [-0.2, -0.15) is 0 Å². The Hall–Kier alpha value is -2.28. The molecular weight excluding hydrogens is 446 g/mol. The zero-order valence-electron chi connectivity index (χ0n) is 21.5. The maximum Gasteiger partial charge on any atom is 0.410 e. The molecule has 4 aliphatic rings. The van der Waals surface area contributed by atoms with Crippen LogP contribution in [0, 0.1) is 23.7 Å². The largest absolute Gasteiger partial charge is 0.490 e. The van der Waals surface area contributed by atoms with Crippen LogP contribution in [0.1, 0.15) is 82.9 Å². The van der Waals surface area contributed by atoms with Crippen molar-refractivity contribution < 1.29 is 28.9 Å². The molecule has 0 spiro atoms. The molecule has 192 valence electrons. The predicted molar refractivity (Wildman–Crippen MR) is 130 cm³/mol. The normalized spacial score (nSPS) is 31.4. The van der Waals surface area contributed by atoms with E-state index < -0.39 is 11.7 Å². The van der Waals surface area contributed by atoms with Crippen molar-refractivity contribution in [3.05, 3.63) is 29.3 Å². The minimum Gasteiger partial charge on any atom is -0.490 e. The number of rotatable bonds is 5. The molecule has 7 nitrogen and oxygen atoms in total. The van der Waals surface area contributed by atoms with Crippen LogP contribution in [0.25, 0.3) is 0 Å². The van der Waals surface area contributed by atoms with Gasteiger partial charge in [-0.05, 0) is 75.8 Å². The highest BCUT2D eigenvalue weighted by Crippen LogP contribution is 2.51. The molecule has 1 N–H and O–H groups in total. The van der Waals surface area contributed by atoms with Gasteiger partial charge in [-0.1, -0.05) is 19.1 Å². The summed E-state index contributed by atoms with van der Waals surface area (Å²) in [5.74, 6) is 1.57. The molecule has 0 radical (unpaired) electrons. The maximum absolute atomic E-state index is 12.6. The highest BCUT2D eigenvalue weighted by atomic mass is 16.6. The summed E-state index contributed by atoms with van der Waals surface area (Å²) in [5, 5.41) is 11.0. The maximum atomic E-state index is 12.6. The SMILES string of the molecule is COC(=O)C(C)C(c1ccc2c(c1)OC(C1CC3C[C@@H]1CN3C(=O)OC(C)(C)C)CC2O)C1CC1. The summed E-state index contributed by atoms with van der Waals surface area (Å²) in [5.41, 5.74) is 1.41. The molecule has 5 rings (SSSR count). The summed E-state index contributed by atoms with van der Waals surface area (Å²) in [6.45, 7) is 8.31. The molecule has 2 heterocycles. The van der Waals surface area contributed by atoms with Gasteiger partial charge in [0.05, 0.1) is 19.1 Å². The van der Waals surface area contributed by atoms with Gasteiger partial charge in [0.25, 0.3) is 0 Å². The Bertz CT molecular complexity index is 982. The highest BCUT2D eigenvalue weighted by molar-refractivity contribution is 5.73. The molecule has 6 unspecified atom stereocenters. The molecule has 0 aromatic heterocycles. The van der Waals surface area contributed by atoms with Crippen molar-refractivity contribution in [2.24, 2.45) is 23.7 Å². The number of carbonyl (C=O) groups is 2. The molecule has 2 bridgehead atoms. The number of ether oxygens (including phenoxy) is 3. The van der Waals surface area contributed by atoms with E-state index in [1.165, 1.54) is 7.11 Å². The van der Waals surface area contributed by atoms with Crippen LogP contribution in [-0.4, -0.2) is 53.5 Å². The van der Waals surface area contributed by atoms with E-state index in [0.717, 1.165) is 42.6 Å². The van der Waals surface area contributed by atoms with Crippen molar-refractivity contribution in [3.8, 4) is 5.75 Å². The van der Waals surface area contributed by atoms with Crippen molar-refractivity contribution in [2.45, 2.75) is 89.6 Å². The fourth-order valence-electron chi connectivity index (χ4n) is 6.71. The van der Waals surface area contributed by atoms with E-state index in [0.29, 0.717) is 30.7 Å². The molecular formula is C28H39NO6. The number of benzene rings is 1. The van der Waals surface area contributed by atoms with Gasteiger partial charge in [-0.15, -0.1) is 0 Å². The van der Waals surface area contributed by atoms with Crippen molar-refractivity contribution >= 4 is 12.1 Å². The molecule has 1 amide bonds. The minimum absolute atomic E-state index is 0.0825. The number of hydrogen-bond donors (Lipinski definition) is 1. The van der Waals surface area contributed by atoms with Crippen LogP contribution < -0.4 is 4.74 Å². The van der Waals surface area contributed by atoms with Crippen LogP contribution in [0.5, 0.6) is 5.75 Å². The minimum atomic E-state index is -0.573. The van der Waals surface area contributed by atoms with Gasteiger partial charge in [-0.25, -0.2) is 4.79 Å². The first-order chi connectivity index (χ1) is 16.6. The molecule has 2 saturated carbocycles. The number of hydrogen-bond acceptors (Lipinski definition) is 6. The lowest BCUT2D eigenvalue weighted by atomic mass is 9.81. The van der Waals surface area contributed by atoms with Crippen molar-refractivity contribution in [3.63, 3.8) is 0 Å². The average Bonchev–Trinajstić information content (AvgIpc) is 3.41. The lowest BCUT2D eigenvalue weighted by molar-refractivity contribution is -0.145. The lowest BCUT2D eigenvalue weighted by Gasteiger charge is -2.39. The van der Waals surface area contributed by atoms with Crippen LogP contribution >= 0.6 is 0 Å². The van der Waals surface area contributed by atoms with Crippen LogP contribution in [-0.2, 0) is 14.3 Å². The van der Waals surface area contributed by atoms with Gasteiger partial charge < -0.3 is 24.2 Å². The summed E-state index contributed by atoms with van der Waals surface area (Å²) < 4.78 is 17.2. The van der Waals surface area contributed by atoms with E-state index in [2.05, 4.69) is 0 Å². The zero-order valence-corrected chi connectivity index (χ0v) is 21.5. The van der Waals surface area contributed by atoms with Crippen LogP contribution in [0.3, 0.4) is 0 Å². The van der Waals surface area contributed by atoms with E-state index in [-0.39, 0.29) is 36.0 Å². The van der Waals surface area contributed by atoms with Gasteiger partial charge in [0.1, 0.15) is 17.5 Å². The molecule has 1 aromatic carbocycles. The van der Waals surface area contributed by atoms with Crippen molar-refractivity contribution in [1.82, 2.24) is 4.90 Å². The number of carbonyl (C=O) groups excluding carboxylic acids is 2. The third kappa shape index (κ3) is 4.76. The Morgan fingerprint density at radius 1 is 1.17 bits per heavy atom. The Kier molecular flexibility index (Phi) is 6.27. The summed E-state index contributed by atoms with van der Waals surface area (Å²) in [4.78, 5) is 26.8. The second-order valence-electron chi connectivity index (χ2n) is 12.1. The first-order valence-electron chi connectivity index (χ1n) is 13.1. The highest BCUT2D eigenvalue weighted by Gasteiger charge is 2.51. The summed E-state index contributed by atoms with van der Waals surface area (Å²) in [6, 6.07) is 6.24. The third-order valence-electron chi connectivity index (χ3n) is 8.46. The van der Waals surface area contributed by atoms with E-state index in [1.807, 2.05) is 50.8 Å². The van der Waals surface area contributed by atoms with Gasteiger partial charge in [0.2, 0.25) is 0 Å². The summed E-state index contributed by atoms with van der Waals surface area (Å²) in [6.07, 6.45) is 3.76. The lowest BCUT2D eigenvalue weighted by Crippen LogP contribution is -2.46. The number of nitrogens with zero attached hydrogens (tertiary/aromatic N) is 1. The van der Waals surface area contributed by atoms with Crippen molar-refractivity contribution in [1.29, 1.82) is 0 Å². The smallest absolute Gasteiger partial charge is 0.410 e. The first-order valence-corrected chi connectivity index (χ1v) is 13.1.